The lowest BCUT2D eigenvalue weighted by molar-refractivity contribution is 0.287. The molecule has 5 heteroatoms. The van der Waals surface area contributed by atoms with E-state index in [4.69, 9.17) is 10.8 Å². The summed E-state index contributed by atoms with van der Waals surface area (Å²) in [6, 6.07) is 0. The van der Waals surface area contributed by atoms with Gasteiger partial charge in [-0.2, -0.15) is 0 Å². The first-order chi connectivity index (χ1) is 7.12. The number of nitrogens with two attached hydrogens (primary N) is 1. The normalized spacial score (nSPS) is 11.9. The highest BCUT2D eigenvalue weighted by molar-refractivity contribution is 7.91. The van der Waals surface area contributed by atoms with Crippen molar-refractivity contribution in [1.29, 1.82) is 0 Å². The number of sulfone groups is 1. The highest BCUT2D eigenvalue weighted by atomic mass is 32.2. The average molecular weight is 237 g/mol. The molecular weight excluding hydrogens is 214 g/mol. The monoisotopic (exact) mass is 237 g/mol. The molecule has 0 atom stereocenters. The fourth-order valence-corrected chi connectivity index (χ4v) is 2.85. The zero-order chi connectivity index (χ0) is 11.6. The summed E-state index contributed by atoms with van der Waals surface area (Å²) >= 11 is 0. The molecule has 0 unspecified atom stereocenters. The lowest BCUT2D eigenvalue weighted by atomic mass is 10.2. The summed E-state index contributed by atoms with van der Waals surface area (Å²) in [5, 5.41) is 8.53. The molecule has 0 saturated heterocycles. The lowest BCUT2D eigenvalue weighted by Gasteiger charge is -2.03. The third-order valence-electron chi connectivity index (χ3n) is 2.27. The first-order valence-corrected chi connectivity index (χ1v) is 7.46. The first kappa shape index (κ1) is 14.9. The van der Waals surface area contributed by atoms with Crippen molar-refractivity contribution in [2.75, 3.05) is 24.7 Å². The van der Waals surface area contributed by atoms with Crippen molar-refractivity contribution < 1.29 is 13.5 Å². The van der Waals surface area contributed by atoms with Crippen molar-refractivity contribution in [3.05, 3.63) is 0 Å². The van der Waals surface area contributed by atoms with Crippen molar-refractivity contribution >= 4 is 9.84 Å². The summed E-state index contributed by atoms with van der Waals surface area (Å²) in [6.07, 6.45) is 4.82. The van der Waals surface area contributed by atoms with Gasteiger partial charge in [0.05, 0.1) is 11.5 Å². The van der Waals surface area contributed by atoms with Gasteiger partial charge in [-0.3, -0.25) is 0 Å². The van der Waals surface area contributed by atoms with Crippen LogP contribution in [0.25, 0.3) is 0 Å². The molecule has 0 aromatic rings. The third-order valence-corrected chi connectivity index (χ3v) is 4.09. The Balaban J connectivity index is 3.47. The van der Waals surface area contributed by atoms with Gasteiger partial charge in [0.15, 0.2) is 0 Å². The Morgan fingerprint density at radius 2 is 1.40 bits per heavy atom. The van der Waals surface area contributed by atoms with E-state index in [0.29, 0.717) is 19.4 Å². The number of hydrogen-bond donors (Lipinski definition) is 2. The Morgan fingerprint density at radius 3 is 1.93 bits per heavy atom. The smallest absolute Gasteiger partial charge is 0.150 e. The zero-order valence-corrected chi connectivity index (χ0v) is 10.1. The highest BCUT2D eigenvalue weighted by Gasteiger charge is 2.09. The zero-order valence-electron chi connectivity index (χ0n) is 9.32. The van der Waals surface area contributed by atoms with E-state index in [1.807, 2.05) is 0 Å². The van der Waals surface area contributed by atoms with Crippen LogP contribution in [0.5, 0.6) is 0 Å². The molecule has 92 valence electrons. The third kappa shape index (κ3) is 10.2. The molecule has 0 bridgehead atoms. The fourth-order valence-electron chi connectivity index (χ4n) is 1.36. The highest BCUT2D eigenvalue weighted by Crippen LogP contribution is 2.04. The second-order valence-corrected chi connectivity index (χ2v) is 6.09. The van der Waals surface area contributed by atoms with Gasteiger partial charge in [-0.05, 0) is 32.2 Å². The molecule has 15 heavy (non-hydrogen) atoms. The number of rotatable bonds is 10. The second-order valence-electron chi connectivity index (χ2n) is 3.79. The van der Waals surface area contributed by atoms with Crippen LogP contribution in [0.15, 0.2) is 0 Å². The van der Waals surface area contributed by atoms with Crippen LogP contribution >= 0.6 is 0 Å². The van der Waals surface area contributed by atoms with Gasteiger partial charge in [0, 0.05) is 6.61 Å². The van der Waals surface area contributed by atoms with E-state index in [1.54, 1.807) is 0 Å². The molecular formula is C10H23NO3S. The van der Waals surface area contributed by atoms with Crippen LogP contribution in [0.3, 0.4) is 0 Å². The van der Waals surface area contributed by atoms with Crippen LogP contribution in [-0.4, -0.2) is 38.2 Å². The summed E-state index contributed by atoms with van der Waals surface area (Å²) in [5.74, 6) is 0.494. The lowest BCUT2D eigenvalue weighted by Crippen LogP contribution is -2.11. The van der Waals surface area contributed by atoms with Gasteiger partial charge >= 0.3 is 0 Å². The fraction of sp³-hybridized carbons (Fsp3) is 1.00. The Morgan fingerprint density at radius 1 is 0.867 bits per heavy atom. The molecule has 3 N–H and O–H groups in total. The molecule has 0 radical (unpaired) electrons. The van der Waals surface area contributed by atoms with Gasteiger partial charge in [0.2, 0.25) is 0 Å². The van der Waals surface area contributed by atoms with E-state index in [9.17, 15) is 8.42 Å². The van der Waals surface area contributed by atoms with Crippen LogP contribution in [0.4, 0.5) is 0 Å². The van der Waals surface area contributed by atoms with Crippen LogP contribution in [0, 0.1) is 0 Å². The predicted octanol–water partition coefficient (Wildman–Crippen LogP) is 0.693. The quantitative estimate of drug-likeness (QED) is 0.548. The first-order valence-electron chi connectivity index (χ1n) is 5.64. The molecule has 0 spiro atoms. The molecule has 0 rings (SSSR count). The standard InChI is InChI=1S/C10H23NO3S/c11-7-3-1-2-5-9-15(13,14)10-6-4-8-12/h12H,1-11H2. The van der Waals surface area contributed by atoms with Crippen molar-refractivity contribution in [3.63, 3.8) is 0 Å². The SMILES string of the molecule is NCCCCCCS(=O)(=O)CCCCO. The second kappa shape index (κ2) is 9.12. The summed E-state index contributed by atoms with van der Waals surface area (Å²) in [6.45, 7) is 0.759. The minimum absolute atomic E-state index is 0.0754. The molecule has 4 nitrogen and oxygen atoms in total. The summed E-state index contributed by atoms with van der Waals surface area (Å²) in [4.78, 5) is 0. The molecule has 0 heterocycles. The Bertz CT molecular complexity index is 227. The summed E-state index contributed by atoms with van der Waals surface area (Å²) in [5.41, 5.74) is 5.34. The summed E-state index contributed by atoms with van der Waals surface area (Å²) < 4.78 is 22.9. The van der Waals surface area contributed by atoms with Gasteiger partial charge in [-0.25, -0.2) is 8.42 Å². The van der Waals surface area contributed by atoms with Crippen LogP contribution < -0.4 is 5.73 Å². The van der Waals surface area contributed by atoms with E-state index in [2.05, 4.69) is 0 Å². The number of hydrogen-bond acceptors (Lipinski definition) is 4. The number of aliphatic hydroxyl groups is 1. The van der Waals surface area contributed by atoms with E-state index >= 15 is 0 Å². The topological polar surface area (TPSA) is 80.4 Å². The van der Waals surface area contributed by atoms with Gasteiger partial charge in [0.25, 0.3) is 0 Å². The molecule has 0 fully saturated rings. The Hall–Kier alpha value is -0.130. The van der Waals surface area contributed by atoms with Gasteiger partial charge in [-0.1, -0.05) is 12.8 Å². The molecule has 0 aliphatic rings. The van der Waals surface area contributed by atoms with E-state index in [0.717, 1.165) is 25.7 Å². The number of unbranched alkanes of at least 4 members (excludes halogenated alkanes) is 4. The van der Waals surface area contributed by atoms with Crippen LogP contribution in [-0.2, 0) is 9.84 Å². The molecule has 0 aliphatic heterocycles. The largest absolute Gasteiger partial charge is 0.396 e. The minimum Gasteiger partial charge on any atom is -0.396 e. The molecule has 0 aromatic heterocycles. The average Bonchev–Trinajstić information content (AvgIpc) is 2.17. The molecule has 0 aliphatic carbocycles. The van der Waals surface area contributed by atoms with Gasteiger partial charge in [0.1, 0.15) is 9.84 Å². The molecule has 0 aromatic carbocycles. The van der Waals surface area contributed by atoms with E-state index in [-0.39, 0.29) is 18.1 Å². The van der Waals surface area contributed by atoms with Crippen molar-refractivity contribution in [2.45, 2.75) is 38.5 Å². The maximum atomic E-state index is 11.4. The van der Waals surface area contributed by atoms with Crippen molar-refractivity contribution in [2.24, 2.45) is 5.73 Å². The van der Waals surface area contributed by atoms with E-state index in [1.165, 1.54) is 0 Å². The minimum atomic E-state index is -2.88. The van der Waals surface area contributed by atoms with Crippen LogP contribution in [0.1, 0.15) is 38.5 Å². The molecule has 0 saturated carbocycles. The Labute approximate surface area is 92.8 Å². The summed E-state index contributed by atoms with van der Waals surface area (Å²) in [7, 11) is -2.88. The molecule has 0 amide bonds. The number of aliphatic hydroxyl groups excluding tert-OH is 1. The van der Waals surface area contributed by atoms with Crippen molar-refractivity contribution in [1.82, 2.24) is 0 Å². The van der Waals surface area contributed by atoms with Crippen molar-refractivity contribution in [3.8, 4) is 0 Å². The maximum Gasteiger partial charge on any atom is 0.150 e. The maximum absolute atomic E-state index is 11.4. The van der Waals surface area contributed by atoms with Gasteiger partial charge in [-0.15, -0.1) is 0 Å². The van der Waals surface area contributed by atoms with Gasteiger partial charge < -0.3 is 10.8 Å². The van der Waals surface area contributed by atoms with E-state index < -0.39 is 9.84 Å². The van der Waals surface area contributed by atoms with Crippen LogP contribution in [0.2, 0.25) is 0 Å². The predicted molar refractivity (Wildman–Crippen MR) is 62.5 cm³/mol. The Kier molecular flexibility index (Phi) is 9.04.